The third-order valence-electron chi connectivity index (χ3n) is 0.683. The summed E-state index contributed by atoms with van der Waals surface area (Å²) in [6.45, 7) is 2.14. The molecule has 1 heterocycles. The van der Waals surface area contributed by atoms with Crippen molar-refractivity contribution in [1.29, 1.82) is 0 Å². The predicted octanol–water partition coefficient (Wildman–Crippen LogP) is 0.657. The van der Waals surface area contributed by atoms with E-state index < -0.39 is 0 Å². The van der Waals surface area contributed by atoms with Gasteiger partial charge in [-0.3, -0.25) is 0 Å². The van der Waals surface area contributed by atoms with Gasteiger partial charge in [-0.2, -0.15) is 0 Å². The van der Waals surface area contributed by atoms with Crippen LogP contribution < -0.4 is 0 Å². The van der Waals surface area contributed by atoms with Crippen LogP contribution in [-0.2, 0) is 0 Å². The van der Waals surface area contributed by atoms with Gasteiger partial charge >= 0.3 is 44.1 Å². The van der Waals surface area contributed by atoms with Crippen LogP contribution in [0.2, 0.25) is 0 Å². The molecule has 1 rings (SSSR count). The van der Waals surface area contributed by atoms with E-state index in [1.165, 1.54) is 4.36 Å². The Morgan fingerprint density at radius 3 is 2.83 bits per heavy atom. The molecule has 0 amide bonds. The van der Waals surface area contributed by atoms with Gasteiger partial charge in [0.1, 0.15) is 0 Å². The quantitative estimate of drug-likeness (QED) is 0.434. The summed E-state index contributed by atoms with van der Waals surface area (Å²) in [7, 11) is 0. The van der Waals surface area contributed by atoms with Crippen molar-refractivity contribution in [3.05, 3.63) is 21.4 Å². The maximum absolute atomic E-state index is 3.11. The van der Waals surface area contributed by atoms with E-state index in [0.29, 0.717) is 0 Å². The zero-order valence-corrected chi connectivity index (χ0v) is 5.75. The molecule has 0 fully saturated rings. The van der Waals surface area contributed by atoms with Crippen LogP contribution in [0, 0.1) is 6.08 Å². The van der Waals surface area contributed by atoms with E-state index in [1.807, 2.05) is 6.08 Å². The van der Waals surface area contributed by atoms with Gasteiger partial charge in [0.15, 0.2) is 0 Å². The molecule has 0 aromatic rings. The molecular weight excluding hydrogens is 135 g/mol. The second kappa shape index (κ2) is 1.66. The van der Waals surface area contributed by atoms with E-state index in [2.05, 4.69) is 17.9 Å². The molecule has 0 spiro atoms. The number of hydrogen-bond donors (Lipinski definition) is 0. The van der Waals surface area contributed by atoms with Crippen LogP contribution in [0.4, 0.5) is 0 Å². The van der Waals surface area contributed by atoms with E-state index >= 15 is 0 Å². The molecule has 0 nitrogen and oxygen atoms in total. The van der Waals surface area contributed by atoms with Gasteiger partial charge in [-0.1, -0.05) is 0 Å². The van der Waals surface area contributed by atoms with Crippen LogP contribution in [0.5, 0.6) is 0 Å². The summed E-state index contributed by atoms with van der Waals surface area (Å²) in [5.41, 5.74) is 0. The van der Waals surface area contributed by atoms with Crippen molar-refractivity contribution in [2.45, 2.75) is 6.92 Å². The second-order valence-corrected chi connectivity index (χ2v) is 4.13. The van der Waals surface area contributed by atoms with E-state index in [9.17, 15) is 0 Å². The van der Waals surface area contributed by atoms with Gasteiger partial charge < -0.3 is 0 Å². The predicted molar refractivity (Wildman–Crippen MR) is 28.7 cm³/mol. The monoisotopic (exact) mass is 141 g/mol. The molecule has 0 saturated carbocycles. The molecule has 0 aromatic heterocycles. The van der Waals surface area contributed by atoms with Gasteiger partial charge in [0.2, 0.25) is 0 Å². The fourth-order valence-corrected chi connectivity index (χ4v) is 1.60. The molecule has 0 saturated heterocycles. The molecule has 1 heteroatoms. The Hall–Kier alpha value is 0.0384. The van der Waals surface area contributed by atoms with Crippen molar-refractivity contribution < 1.29 is 0 Å². The Morgan fingerprint density at radius 1 is 1.83 bits per heavy atom. The summed E-state index contributed by atoms with van der Waals surface area (Å²) in [6.07, 6.45) is 5.13. The van der Waals surface area contributed by atoms with E-state index in [1.54, 1.807) is 0 Å². The SMILES string of the molecule is CC1=[C]C=C[AsH]1. The minimum atomic E-state index is 0.194. The van der Waals surface area contributed by atoms with Crippen LogP contribution in [0.3, 0.4) is 0 Å². The van der Waals surface area contributed by atoms with Crippen molar-refractivity contribution in [2.24, 2.45) is 0 Å². The first-order valence-corrected chi connectivity index (χ1v) is 4.17. The number of allylic oxidation sites excluding steroid dienone is 3. The molecule has 6 heavy (non-hydrogen) atoms. The van der Waals surface area contributed by atoms with Crippen LogP contribution in [0.25, 0.3) is 0 Å². The summed E-state index contributed by atoms with van der Waals surface area (Å²) in [5.74, 6) is 0. The van der Waals surface area contributed by atoms with E-state index in [4.69, 9.17) is 0 Å². The number of rotatable bonds is 0. The third kappa shape index (κ3) is 0.753. The summed E-state index contributed by atoms with van der Waals surface area (Å²) < 4.78 is 1.47. The van der Waals surface area contributed by atoms with Gasteiger partial charge in [0.25, 0.3) is 0 Å². The number of hydrogen-bond acceptors (Lipinski definition) is 0. The first-order chi connectivity index (χ1) is 2.89. The van der Waals surface area contributed by atoms with E-state index in [-0.39, 0.29) is 15.8 Å². The fourth-order valence-electron chi connectivity index (χ4n) is 0.375. The molecule has 1 radical (unpaired) electrons. The van der Waals surface area contributed by atoms with Crippen LogP contribution in [0.15, 0.2) is 15.3 Å². The maximum atomic E-state index is 3.11. The van der Waals surface area contributed by atoms with Crippen molar-refractivity contribution >= 4 is 15.8 Å². The molecule has 0 bridgehead atoms. The van der Waals surface area contributed by atoms with Crippen molar-refractivity contribution in [1.82, 2.24) is 0 Å². The van der Waals surface area contributed by atoms with Gasteiger partial charge in [-0.15, -0.1) is 0 Å². The first kappa shape index (κ1) is 4.20. The van der Waals surface area contributed by atoms with Crippen LogP contribution >= 0.6 is 0 Å². The Labute approximate surface area is 44.6 Å². The van der Waals surface area contributed by atoms with Gasteiger partial charge in [0, 0.05) is 0 Å². The summed E-state index contributed by atoms with van der Waals surface area (Å²) >= 11 is 0.194. The minimum absolute atomic E-state index is 0.194. The molecule has 31 valence electrons. The first-order valence-electron chi connectivity index (χ1n) is 1.91. The summed E-state index contributed by atoms with van der Waals surface area (Å²) in [5, 5.41) is 0. The van der Waals surface area contributed by atoms with Crippen molar-refractivity contribution in [3.63, 3.8) is 0 Å². The zero-order chi connectivity index (χ0) is 4.41. The molecule has 1 unspecified atom stereocenters. The molecule has 1 aliphatic rings. The molecule has 1 aliphatic heterocycles. The molecule has 0 aliphatic carbocycles. The van der Waals surface area contributed by atoms with Crippen LogP contribution in [0.1, 0.15) is 6.92 Å². The average Bonchev–Trinajstić information content (AvgIpc) is 1.86. The summed E-state index contributed by atoms with van der Waals surface area (Å²) in [6, 6.07) is 0. The Kier molecular flexibility index (Phi) is 1.16. The molecule has 0 aromatic carbocycles. The van der Waals surface area contributed by atoms with Crippen molar-refractivity contribution in [3.8, 4) is 0 Å². The fraction of sp³-hybridized carbons (Fsp3) is 0.200. The van der Waals surface area contributed by atoms with Gasteiger partial charge in [-0.05, 0) is 0 Å². The van der Waals surface area contributed by atoms with E-state index in [0.717, 1.165) is 0 Å². The molecular formula is C5H6As. The Balaban J connectivity index is 2.61. The third-order valence-corrected chi connectivity index (χ3v) is 2.59. The average molecular weight is 141 g/mol. The van der Waals surface area contributed by atoms with Crippen LogP contribution in [-0.4, -0.2) is 15.8 Å². The normalized spacial score (nSPS) is 22.5. The molecule has 1 atom stereocenters. The second-order valence-electron chi connectivity index (χ2n) is 1.25. The topological polar surface area (TPSA) is 0 Å². The van der Waals surface area contributed by atoms with Gasteiger partial charge in [0.05, 0.1) is 0 Å². The van der Waals surface area contributed by atoms with Crippen molar-refractivity contribution in [2.75, 3.05) is 0 Å². The Morgan fingerprint density at radius 2 is 2.67 bits per heavy atom. The molecule has 0 N–H and O–H groups in total. The summed E-state index contributed by atoms with van der Waals surface area (Å²) in [4.78, 5) is 2.23. The standard InChI is InChI=1S/C5H6As/c1-5-3-2-4-6-5/h2,4,6H,1H3. The Bertz CT molecular complexity index is 101. The van der Waals surface area contributed by atoms with Gasteiger partial charge in [-0.25, -0.2) is 0 Å². The zero-order valence-electron chi connectivity index (χ0n) is 3.65.